The van der Waals surface area contributed by atoms with E-state index in [1.807, 2.05) is 37.3 Å². The summed E-state index contributed by atoms with van der Waals surface area (Å²) in [5.41, 5.74) is 0.823. The number of allylic oxidation sites excluding steroid dienone is 4. The van der Waals surface area contributed by atoms with Crippen LogP contribution in [0, 0.1) is 21.4 Å². The molecule has 94 valence electrons. The monoisotopic (exact) mass is 237 g/mol. The van der Waals surface area contributed by atoms with E-state index >= 15 is 0 Å². The maximum absolute atomic E-state index is 10.2. The highest BCUT2D eigenvalue weighted by Crippen LogP contribution is 2.26. The van der Waals surface area contributed by atoms with Crippen molar-refractivity contribution < 1.29 is 9.92 Å². The maximum Gasteiger partial charge on any atom is 0.294 e. The van der Waals surface area contributed by atoms with Gasteiger partial charge in [0, 0.05) is 5.41 Å². The van der Waals surface area contributed by atoms with Gasteiger partial charge in [0.15, 0.2) is 0 Å². The molecule has 17 heavy (non-hydrogen) atoms. The van der Waals surface area contributed by atoms with Gasteiger partial charge in [-0.2, -0.15) is 0 Å². The minimum absolute atomic E-state index is 0.0514. The number of rotatable bonds is 5. The third kappa shape index (κ3) is 4.85. The van der Waals surface area contributed by atoms with E-state index < -0.39 is 10.5 Å². The van der Waals surface area contributed by atoms with Crippen LogP contribution < -0.4 is 0 Å². The van der Waals surface area contributed by atoms with E-state index in [1.54, 1.807) is 0 Å². The van der Waals surface area contributed by atoms with Crippen LogP contribution in [-0.2, 0) is 4.84 Å². The molecule has 1 unspecified atom stereocenters. The molecule has 1 aliphatic rings. The SMILES string of the molecule is CC(C)CC1=CC=CC(C)(CO[N+](=O)[O-])C=C1. The highest BCUT2D eigenvalue weighted by molar-refractivity contribution is 5.31. The third-order valence-corrected chi connectivity index (χ3v) is 2.59. The van der Waals surface area contributed by atoms with E-state index in [1.165, 1.54) is 5.57 Å². The second kappa shape index (κ2) is 5.66. The molecule has 1 rings (SSSR count). The molecule has 0 bridgehead atoms. The lowest BCUT2D eigenvalue weighted by molar-refractivity contribution is -0.759. The Bertz CT molecular complexity index is 369. The van der Waals surface area contributed by atoms with Crippen LogP contribution in [0.2, 0.25) is 0 Å². The van der Waals surface area contributed by atoms with Gasteiger partial charge in [-0.1, -0.05) is 51.2 Å². The predicted octanol–water partition coefficient (Wildman–Crippen LogP) is 3.30. The molecule has 1 atom stereocenters. The van der Waals surface area contributed by atoms with Gasteiger partial charge in [-0.05, 0) is 17.9 Å². The van der Waals surface area contributed by atoms with E-state index in [-0.39, 0.29) is 6.61 Å². The first-order valence-corrected chi connectivity index (χ1v) is 5.76. The molecule has 0 spiro atoms. The summed E-state index contributed by atoms with van der Waals surface area (Å²) in [5, 5.41) is 9.45. The van der Waals surface area contributed by atoms with Crippen LogP contribution in [0.1, 0.15) is 27.2 Å². The third-order valence-electron chi connectivity index (χ3n) is 2.59. The van der Waals surface area contributed by atoms with Gasteiger partial charge < -0.3 is 4.84 Å². The topological polar surface area (TPSA) is 52.4 Å². The van der Waals surface area contributed by atoms with Gasteiger partial charge >= 0.3 is 0 Å². The fourth-order valence-electron chi connectivity index (χ4n) is 1.70. The lowest BCUT2D eigenvalue weighted by Crippen LogP contribution is -2.20. The smallest absolute Gasteiger partial charge is 0.294 e. The van der Waals surface area contributed by atoms with Crippen molar-refractivity contribution in [1.82, 2.24) is 0 Å². The summed E-state index contributed by atoms with van der Waals surface area (Å²) in [6.07, 6.45) is 10.9. The van der Waals surface area contributed by atoms with Gasteiger partial charge in [0.05, 0.1) is 0 Å². The van der Waals surface area contributed by atoms with E-state index in [9.17, 15) is 10.1 Å². The highest BCUT2D eigenvalue weighted by Gasteiger charge is 2.20. The molecule has 0 amide bonds. The standard InChI is InChI=1S/C13H19NO3/c1-11(2)9-12-5-4-7-13(3,8-6-12)10-17-14(15)16/h4-8,11H,9-10H2,1-3H3. The van der Waals surface area contributed by atoms with Crippen molar-refractivity contribution in [3.8, 4) is 0 Å². The molecule has 0 radical (unpaired) electrons. The predicted molar refractivity (Wildman–Crippen MR) is 66.9 cm³/mol. The molecule has 0 heterocycles. The molecule has 4 nitrogen and oxygen atoms in total. The van der Waals surface area contributed by atoms with E-state index in [2.05, 4.69) is 18.7 Å². The van der Waals surface area contributed by atoms with Gasteiger partial charge in [-0.3, -0.25) is 0 Å². The molecular formula is C13H19NO3. The molecule has 0 N–H and O–H groups in total. The Morgan fingerprint density at radius 3 is 2.76 bits per heavy atom. The minimum Gasteiger partial charge on any atom is -0.313 e. The largest absolute Gasteiger partial charge is 0.313 e. The zero-order valence-corrected chi connectivity index (χ0v) is 10.6. The molecule has 0 aromatic heterocycles. The van der Waals surface area contributed by atoms with E-state index in [0.717, 1.165) is 6.42 Å². The fourth-order valence-corrected chi connectivity index (χ4v) is 1.70. The Hall–Kier alpha value is -1.58. The fraction of sp³-hybridized carbons (Fsp3) is 0.538. The van der Waals surface area contributed by atoms with Crippen LogP contribution in [0.4, 0.5) is 0 Å². The van der Waals surface area contributed by atoms with E-state index in [0.29, 0.717) is 5.92 Å². The van der Waals surface area contributed by atoms with Crippen molar-refractivity contribution in [1.29, 1.82) is 0 Å². The summed E-state index contributed by atoms with van der Waals surface area (Å²) < 4.78 is 0. The van der Waals surface area contributed by atoms with Crippen molar-refractivity contribution in [3.63, 3.8) is 0 Å². The summed E-state index contributed by atoms with van der Waals surface area (Å²) in [6.45, 7) is 6.29. The summed E-state index contributed by atoms with van der Waals surface area (Å²) >= 11 is 0. The summed E-state index contributed by atoms with van der Waals surface area (Å²) in [6, 6.07) is 0. The van der Waals surface area contributed by atoms with Crippen molar-refractivity contribution in [2.75, 3.05) is 6.61 Å². The van der Waals surface area contributed by atoms with Crippen molar-refractivity contribution in [2.24, 2.45) is 11.3 Å². The Kier molecular flexibility index (Phi) is 4.49. The normalized spacial score (nSPS) is 23.4. The lowest BCUT2D eigenvalue weighted by Gasteiger charge is -2.19. The van der Waals surface area contributed by atoms with Crippen LogP contribution >= 0.6 is 0 Å². The molecule has 4 heteroatoms. The molecule has 1 aliphatic carbocycles. The zero-order valence-electron chi connectivity index (χ0n) is 10.6. The van der Waals surface area contributed by atoms with Crippen molar-refractivity contribution >= 4 is 0 Å². The molecule has 0 fully saturated rings. The molecule has 0 saturated carbocycles. The first-order valence-electron chi connectivity index (χ1n) is 5.76. The van der Waals surface area contributed by atoms with Gasteiger partial charge in [-0.25, -0.2) is 0 Å². The first kappa shape index (κ1) is 13.5. The lowest BCUT2D eigenvalue weighted by atomic mass is 9.91. The summed E-state index contributed by atoms with van der Waals surface area (Å²) in [7, 11) is 0. The second-order valence-electron chi connectivity index (χ2n) is 5.03. The number of hydrogen-bond donors (Lipinski definition) is 0. The number of hydrogen-bond acceptors (Lipinski definition) is 3. The average molecular weight is 237 g/mol. The van der Waals surface area contributed by atoms with Gasteiger partial charge in [0.1, 0.15) is 6.61 Å². The molecule has 0 saturated heterocycles. The summed E-state index contributed by atoms with van der Waals surface area (Å²) in [5.74, 6) is 0.596. The molecule has 0 aromatic rings. The Labute approximate surface area is 102 Å². The minimum atomic E-state index is -0.750. The van der Waals surface area contributed by atoms with Crippen LogP contribution in [0.25, 0.3) is 0 Å². The Balaban J connectivity index is 2.67. The molecular weight excluding hydrogens is 218 g/mol. The quantitative estimate of drug-likeness (QED) is 0.544. The van der Waals surface area contributed by atoms with Gasteiger partial charge in [0.2, 0.25) is 0 Å². The Morgan fingerprint density at radius 1 is 1.47 bits per heavy atom. The molecule has 0 aromatic carbocycles. The maximum atomic E-state index is 10.2. The van der Waals surface area contributed by atoms with Crippen LogP contribution in [0.15, 0.2) is 36.0 Å². The second-order valence-corrected chi connectivity index (χ2v) is 5.03. The van der Waals surface area contributed by atoms with Crippen LogP contribution in [0.3, 0.4) is 0 Å². The van der Waals surface area contributed by atoms with Crippen molar-refractivity contribution in [3.05, 3.63) is 46.1 Å². The zero-order chi connectivity index (χ0) is 12.9. The van der Waals surface area contributed by atoms with Crippen LogP contribution in [-0.4, -0.2) is 11.7 Å². The van der Waals surface area contributed by atoms with Crippen molar-refractivity contribution in [2.45, 2.75) is 27.2 Å². The van der Waals surface area contributed by atoms with Gasteiger partial charge in [-0.15, -0.1) is 10.1 Å². The van der Waals surface area contributed by atoms with Gasteiger partial charge in [0.25, 0.3) is 5.09 Å². The van der Waals surface area contributed by atoms with Crippen LogP contribution in [0.5, 0.6) is 0 Å². The molecule has 0 aliphatic heterocycles. The number of nitrogens with zero attached hydrogens (tertiary/aromatic N) is 1. The average Bonchev–Trinajstić information content (AvgIpc) is 2.39. The Morgan fingerprint density at radius 2 is 2.18 bits per heavy atom. The van der Waals surface area contributed by atoms with E-state index in [4.69, 9.17) is 0 Å². The highest BCUT2D eigenvalue weighted by atomic mass is 16.9. The summed E-state index contributed by atoms with van der Waals surface area (Å²) in [4.78, 5) is 14.7. The first-order chi connectivity index (χ1) is 7.91.